The summed E-state index contributed by atoms with van der Waals surface area (Å²) in [6.07, 6.45) is 1.91. The summed E-state index contributed by atoms with van der Waals surface area (Å²) in [5.74, 6) is -0.259. The molecule has 0 saturated heterocycles. The maximum Gasteiger partial charge on any atom is 0.331 e. The normalized spacial score (nSPS) is 25.8. The van der Waals surface area contributed by atoms with Crippen LogP contribution < -0.4 is 0 Å². The van der Waals surface area contributed by atoms with Gasteiger partial charge in [0.05, 0.1) is 6.10 Å². The molecule has 0 spiro atoms. The molecule has 3 heteroatoms. The van der Waals surface area contributed by atoms with Crippen LogP contribution in [-0.2, 0) is 9.53 Å². The summed E-state index contributed by atoms with van der Waals surface area (Å²) in [7, 11) is 0. The number of carbonyl (C=O) groups excluding carboxylic acids is 1. The molecule has 11 heavy (non-hydrogen) atoms. The monoisotopic (exact) mass is 156 g/mol. The van der Waals surface area contributed by atoms with Crippen molar-refractivity contribution >= 4 is 5.97 Å². The van der Waals surface area contributed by atoms with Crippen molar-refractivity contribution < 1.29 is 14.6 Å². The smallest absolute Gasteiger partial charge is 0.331 e. The first-order valence-corrected chi connectivity index (χ1v) is 3.68. The second-order valence-corrected chi connectivity index (χ2v) is 3.00. The molecule has 1 rings (SSSR count). The molecule has 2 atom stereocenters. The van der Waals surface area contributed by atoms with E-state index in [-0.39, 0.29) is 11.9 Å². The Labute approximate surface area is 65.7 Å². The van der Waals surface area contributed by atoms with Crippen molar-refractivity contribution in [3.63, 3.8) is 0 Å². The fraction of sp³-hybridized carbons (Fsp3) is 0.625. The number of aliphatic hydroxyl groups excluding tert-OH is 1. The van der Waals surface area contributed by atoms with Gasteiger partial charge in [-0.05, 0) is 12.0 Å². The lowest BCUT2D eigenvalue weighted by atomic mass is 10.0. The van der Waals surface area contributed by atoms with E-state index in [2.05, 4.69) is 0 Å². The second kappa shape index (κ2) is 3.05. The van der Waals surface area contributed by atoms with E-state index in [0.29, 0.717) is 0 Å². The van der Waals surface area contributed by atoms with Crippen LogP contribution in [-0.4, -0.2) is 23.3 Å². The standard InChI is InChI=1S/C8H12O3/c1-5(2)8(10)6-3-4-7(9)11-6/h3-6,8,10H,1-2H3/t6-,8-/m1/s1. The van der Waals surface area contributed by atoms with Gasteiger partial charge in [-0.25, -0.2) is 4.79 Å². The summed E-state index contributed by atoms with van der Waals surface area (Å²) in [4.78, 5) is 10.6. The van der Waals surface area contributed by atoms with Gasteiger partial charge in [0.1, 0.15) is 6.10 Å². The van der Waals surface area contributed by atoms with E-state index in [1.165, 1.54) is 6.08 Å². The second-order valence-electron chi connectivity index (χ2n) is 3.00. The molecular formula is C8H12O3. The Hall–Kier alpha value is -0.830. The van der Waals surface area contributed by atoms with Gasteiger partial charge in [-0.1, -0.05) is 13.8 Å². The average molecular weight is 156 g/mol. The van der Waals surface area contributed by atoms with Crippen LogP contribution in [0.1, 0.15) is 13.8 Å². The summed E-state index contributed by atoms with van der Waals surface area (Å²) in [5, 5.41) is 9.42. The first-order chi connectivity index (χ1) is 5.11. The third-order valence-corrected chi connectivity index (χ3v) is 1.69. The zero-order valence-corrected chi connectivity index (χ0v) is 6.65. The minimum Gasteiger partial charge on any atom is -0.452 e. The fourth-order valence-corrected chi connectivity index (χ4v) is 0.949. The summed E-state index contributed by atoms with van der Waals surface area (Å²) >= 11 is 0. The van der Waals surface area contributed by atoms with Crippen molar-refractivity contribution in [2.24, 2.45) is 5.92 Å². The van der Waals surface area contributed by atoms with Crippen LogP contribution in [0.15, 0.2) is 12.2 Å². The Bertz CT molecular complexity index is 184. The van der Waals surface area contributed by atoms with Gasteiger partial charge >= 0.3 is 5.97 Å². The van der Waals surface area contributed by atoms with E-state index < -0.39 is 12.2 Å². The van der Waals surface area contributed by atoms with E-state index >= 15 is 0 Å². The van der Waals surface area contributed by atoms with Gasteiger partial charge in [0, 0.05) is 6.08 Å². The molecule has 0 amide bonds. The van der Waals surface area contributed by atoms with Gasteiger partial charge in [-0.2, -0.15) is 0 Å². The van der Waals surface area contributed by atoms with Crippen molar-refractivity contribution in [3.8, 4) is 0 Å². The zero-order valence-electron chi connectivity index (χ0n) is 6.65. The number of carbonyl (C=O) groups is 1. The van der Waals surface area contributed by atoms with Crippen LogP contribution in [0.4, 0.5) is 0 Å². The lowest BCUT2D eigenvalue weighted by molar-refractivity contribution is -0.143. The first-order valence-electron chi connectivity index (χ1n) is 3.68. The average Bonchev–Trinajstić information content (AvgIpc) is 2.34. The highest BCUT2D eigenvalue weighted by Crippen LogP contribution is 2.15. The van der Waals surface area contributed by atoms with Gasteiger partial charge in [0.25, 0.3) is 0 Å². The SMILES string of the molecule is CC(C)[C@@H](O)[C@H]1C=CC(=O)O1. The molecule has 1 N–H and O–H groups in total. The van der Waals surface area contributed by atoms with Crippen LogP contribution in [0.3, 0.4) is 0 Å². The molecule has 0 aromatic heterocycles. The topological polar surface area (TPSA) is 46.5 Å². The van der Waals surface area contributed by atoms with E-state index in [0.717, 1.165) is 0 Å². The molecule has 0 fully saturated rings. The predicted octanol–water partition coefficient (Wildman–Crippen LogP) is 0.485. The molecule has 1 heterocycles. The summed E-state index contributed by atoms with van der Waals surface area (Å²) < 4.78 is 4.78. The minimum atomic E-state index is -0.585. The molecule has 0 radical (unpaired) electrons. The lowest BCUT2D eigenvalue weighted by Gasteiger charge is -2.19. The summed E-state index contributed by atoms with van der Waals surface area (Å²) in [6, 6.07) is 0. The molecule has 3 nitrogen and oxygen atoms in total. The Morgan fingerprint density at radius 2 is 2.27 bits per heavy atom. The Morgan fingerprint density at radius 1 is 1.64 bits per heavy atom. The number of hydrogen-bond acceptors (Lipinski definition) is 3. The third-order valence-electron chi connectivity index (χ3n) is 1.69. The zero-order chi connectivity index (χ0) is 8.43. The van der Waals surface area contributed by atoms with Gasteiger partial charge in [-0.15, -0.1) is 0 Å². The lowest BCUT2D eigenvalue weighted by Crippen LogP contribution is -2.30. The highest BCUT2D eigenvalue weighted by molar-refractivity contribution is 5.84. The van der Waals surface area contributed by atoms with Gasteiger partial charge in [0.15, 0.2) is 0 Å². The molecule has 0 saturated carbocycles. The summed E-state index contributed by atoms with van der Waals surface area (Å²) in [5.41, 5.74) is 0. The van der Waals surface area contributed by atoms with Crippen molar-refractivity contribution in [3.05, 3.63) is 12.2 Å². The van der Waals surface area contributed by atoms with E-state index in [1.807, 2.05) is 13.8 Å². The Kier molecular flexibility index (Phi) is 2.29. The molecular weight excluding hydrogens is 144 g/mol. The van der Waals surface area contributed by atoms with E-state index in [4.69, 9.17) is 4.74 Å². The molecule has 0 aliphatic carbocycles. The van der Waals surface area contributed by atoms with Crippen LogP contribution in [0.25, 0.3) is 0 Å². The number of esters is 1. The maximum atomic E-state index is 10.6. The quantitative estimate of drug-likeness (QED) is 0.592. The number of cyclic esters (lactones) is 1. The molecule has 62 valence electrons. The van der Waals surface area contributed by atoms with E-state index in [1.54, 1.807) is 6.08 Å². The van der Waals surface area contributed by atoms with Crippen molar-refractivity contribution in [2.45, 2.75) is 26.1 Å². The van der Waals surface area contributed by atoms with Gasteiger partial charge < -0.3 is 9.84 Å². The third kappa shape index (κ3) is 1.80. The molecule has 0 aromatic carbocycles. The predicted molar refractivity (Wildman–Crippen MR) is 39.9 cm³/mol. The maximum absolute atomic E-state index is 10.6. The molecule has 0 aromatic rings. The van der Waals surface area contributed by atoms with Gasteiger partial charge in [-0.3, -0.25) is 0 Å². The fourth-order valence-electron chi connectivity index (χ4n) is 0.949. The van der Waals surface area contributed by atoms with Crippen LogP contribution in [0, 0.1) is 5.92 Å². The van der Waals surface area contributed by atoms with E-state index in [9.17, 15) is 9.90 Å². The van der Waals surface area contributed by atoms with Gasteiger partial charge in [0.2, 0.25) is 0 Å². The number of ether oxygens (including phenoxy) is 1. The highest BCUT2D eigenvalue weighted by atomic mass is 16.6. The van der Waals surface area contributed by atoms with Crippen molar-refractivity contribution in [1.82, 2.24) is 0 Å². The van der Waals surface area contributed by atoms with Crippen LogP contribution in [0.2, 0.25) is 0 Å². The number of rotatable bonds is 2. The van der Waals surface area contributed by atoms with Crippen LogP contribution in [0.5, 0.6) is 0 Å². The Balaban J connectivity index is 2.51. The largest absolute Gasteiger partial charge is 0.452 e. The molecule has 1 aliphatic heterocycles. The Morgan fingerprint density at radius 3 is 2.64 bits per heavy atom. The summed E-state index contributed by atoms with van der Waals surface area (Å²) in [6.45, 7) is 3.76. The highest BCUT2D eigenvalue weighted by Gasteiger charge is 2.26. The van der Waals surface area contributed by atoms with Crippen molar-refractivity contribution in [2.75, 3.05) is 0 Å². The molecule has 0 unspecified atom stereocenters. The molecule has 1 aliphatic rings. The number of aliphatic hydroxyl groups is 1. The van der Waals surface area contributed by atoms with Crippen LogP contribution >= 0.6 is 0 Å². The molecule has 0 bridgehead atoms. The van der Waals surface area contributed by atoms with Crippen molar-refractivity contribution in [1.29, 1.82) is 0 Å². The number of hydrogen-bond donors (Lipinski definition) is 1. The minimum absolute atomic E-state index is 0.107. The first kappa shape index (κ1) is 8.27.